The number of piperidine rings is 1. The Bertz CT molecular complexity index is 1200. The van der Waals surface area contributed by atoms with Gasteiger partial charge >= 0.3 is 0 Å². The van der Waals surface area contributed by atoms with Gasteiger partial charge in [-0.25, -0.2) is 0 Å². The van der Waals surface area contributed by atoms with Crippen molar-refractivity contribution in [2.75, 3.05) is 19.6 Å². The Morgan fingerprint density at radius 1 is 1.08 bits per heavy atom. The molecule has 0 aliphatic carbocycles. The molecule has 210 valence electrons. The van der Waals surface area contributed by atoms with Crippen LogP contribution >= 0.6 is 23.2 Å². The van der Waals surface area contributed by atoms with E-state index in [0.717, 1.165) is 56.6 Å². The van der Waals surface area contributed by atoms with Gasteiger partial charge in [0, 0.05) is 30.9 Å². The third-order valence-electron chi connectivity index (χ3n) is 7.59. The average Bonchev–Trinajstić information content (AvgIpc) is 3.41. The first-order valence-corrected chi connectivity index (χ1v) is 15.1. The number of benzene rings is 1. The van der Waals surface area contributed by atoms with Gasteiger partial charge in [-0.2, -0.15) is 0 Å². The monoisotopic (exact) mass is 569 g/mol. The maximum atomic E-state index is 13.9. The average molecular weight is 571 g/mol. The van der Waals surface area contributed by atoms with Crippen LogP contribution in [-0.2, 0) is 13.0 Å². The van der Waals surface area contributed by atoms with Crippen molar-refractivity contribution >= 4 is 29.1 Å². The molecular weight excluding hydrogens is 529 g/mol. The van der Waals surface area contributed by atoms with Crippen LogP contribution in [0.3, 0.4) is 0 Å². The molecule has 1 aromatic carbocycles. The number of pyridine rings is 1. The molecule has 39 heavy (non-hydrogen) atoms. The summed E-state index contributed by atoms with van der Waals surface area (Å²) in [5, 5.41) is 0.991. The minimum Gasteiger partial charge on any atom is -0.459 e. The van der Waals surface area contributed by atoms with Crippen molar-refractivity contribution in [3.63, 3.8) is 0 Å². The molecule has 5 nitrogen and oxygen atoms in total. The van der Waals surface area contributed by atoms with Gasteiger partial charge in [-0.3, -0.25) is 9.78 Å². The molecule has 1 aliphatic rings. The number of carbonyl (C=O) groups is 1. The van der Waals surface area contributed by atoms with Crippen LogP contribution in [-0.4, -0.2) is 46.4 Å². The Morgan fingerprint density at radius 3 is 2.54 bits per heavy atom. The van der Waals surface area contributed by atoms with Crippen molar-refractivity contribution in [2.24, 2.45) is 5.92 Å². The zero-order valence-corrected chi connectivity index (χ0v) is 25.0. The number of unbranched alkanes of at least 4 members (excludes halogenated alkanes) is 2. The largest absolute Gasteiger partial charge is 0.459 e. The molecule has 1 aliphatic heterocycles. The maximum Gasteiger partial charge on any atom is 0.273 e. The first kappa shape index (κ1) is 29.6. The van der Waals surface area contributed by atoms with Gasteiger partial charge in [-0.1, -0.05) is 62.9 Å². The van der Waals surface area contributed by atoms with Gasteiger partial charge in [-0.15, -0.1) is 0 Å². The van der Waals surface area contributed by atoms with E-state index in [1.54, 1.807) is 12.1 Å². The van der Waals surface area contributed by atoms with Crippen molar-refractivity contribution < 1.29 is 9.21 Å². The molecule has 3 heterocycles. The number of hydrogen-bond acceptors (Lipinski definition) is 4. The second-order valence-electron chi connectivity index (χ2n) is 11.1. The van der Waals surface area contributed by atoms with Gasteiger partial charge in [0.25, 0.3) is 5.91 Å². The third-order valence-corrected chi connectivity index (χ3v) is 8.33. The summed E-state index contributed by atoms with van der Waals surface area (Å²) in [5.74, 6) is 2.10. The molecule has 0 atom stereocenters. The number of likely N-dealkylation sites (tertiary alicyclic amines) is 1. The standard InChI is InChI=1S/C32H41Cl2N3O2/c1-4-5-6-7-24-8-12-30(35-21-24)32(38)37(26-15-18-36(19-16-26)17-14-23(2)3)22-27-10-13-31(39-27)25-9-11-28(33)29(34)20-25/h8-13,20-21,23,26H,4-7,14-19,22H2,1-3H3. The maximum absolute atomic E-state index is 13.9. The molecule has 1 saturated heterocycles. The number of nitrogens with zero attached hydrogens (tertiary/aromatic N) is 3. The van der Waals surface area contributed by atoms with Crippen LogP contribution in [0.25, 0.3) is 11.3 Å². The summed E-state index contributed by atoms with van der Waals surface area (Å²) >= 11 is 12.3. The normalized spacial score (nSPS) is 14.7. The molecule has 0 spiro atoms. The molecule has 0 unspecified atom stereocenters. The fourth-order valence-electron chi connectivity index (χ4n) is 5.12. The fraction of sp³-hybridized carbons (Fsp3) is 0.500. The highest BCUT2D eigenvalue weighted by Crippen LogP contribution is 2.31. The van der Waals surface area contributed by atoms with Crippen molar-refractivity contribution in [2.45, 2.75) is 78.3 Å². The minimum absolute atomic E-state index is 0.0387. The first-order valence-electron chi connectivity index (χ1n) is 14.4. The highest BCUT2D eigenvalue weighted by Gasteiger charge is 2.30. The van der Waals surface area contributed by atoms with Crippen LogP contribution in [0.4, 0.5) is 0 Å². The van der Waals surface area contributed by atoms with Gasteiger partial charge in [0.15, 0.2) is 0 Å². The van der Waals surface area contributed by atoms with Crippen LogP contribution in [0.15, 0.2) is 53.1 Å². The zero-order chi connectivity index (χ0) is 27.8. The second kappa shape index (κ2) is 14.3. The predicted molar refractivity (Wildman–Crippen MR) is 160 cm³/mol. The molecule has 7 heteroatoms. The quantitative estimate of drug-likeness (QED) is 0.205. The van der Waals surface area contributed by atoms with E-state index in [-0.39, 0.29) is 11.9 Å². The van der Waals surface area contributed by atoms with E-state index >= 15 is 0 Å². The molecule has 0 saturated carbocycles. The molecular formula is C32H41Cl2N3O2. The van der Waals surface area contributed by atoms with Crippen LogP contribution in [0.2, 0.25) is 10.0 Å². The summed E-state index contributed by atoms with van der Waals surface area (Å²) in [6, 6.07) is 13.4. The molecule has 1 fully saturated rings. The van der Waals surface area contributed by atoms with E-state index in [1.807, 2.05) is 35.4 Å². The van der Waals surface area contributed by atoms with Crippen LogP contribution in [0.5, 0.6) is 0 Å². The first-order chi connectivity index (χ1) is 18.8. The topological polar surface area (TPSA) is 49.6 Å². The number of furan rings is 1. The van der Waals surface area contributed by atoms with E-state index in [4.69, 9.17) is 27.6 Å². The lowest BCUT2D eigenvalue weighted by molar-refractivity contribution is 0.0522. The molecule has 0 N–H and O–H groups in total. The Kier molecular flexibility index (Phi) is 10.9. The number of halogens is 2. The van der Waals surface area contributed by atoms with Crippen LogP contribution in [0.1, 0.15) is 81.1 Å². The lowest BCUT2D eigenvalue weighted by Crippen LogP contribution is -2.47. The Hall–Kier alpha value is -2.34. The van der Waals surface area contributed by atoms with E-state index < -0.39 is 0 Å². The van der Waals surface area contributed by atoms with E-state index in [9.17, 15) is 4.79 Å². The Balaban J connectivity index is 1.50. The summed E-state index contributed by atoms with van der Waals surface area (Å²) in [5.41, 5.74) is 2.53. The van der Waals surface area contributed by atoms with Crippen LogP contribution < -0.4 is 0 Å². The van der Waals surface area contributed by atoms with Crippen molar-refractivity contribution in [3.05, 3.63) is 75.7 Å². The number of carbonyl (C=O) groups excluding carboxylic acids is 1. The number of aryl methyl sites for hydroxylation is 1. The highest BCUT2D eigenvalue weighted by atomic mass is 35.5. The number of amides is 1. The number of aromatic nitrogens is 1. The van der Waals surface area contributed by atoms with Crippen LogP contribution in [0, 0.1) is 5.92 Å². The fourth-order valence-corrected chi connectivity index (χ4v) is 5.42. The Labute approximate surface area is 243 Å². The molecule has 0 bridgehead atoms. The van der Waals surface area contributed by atoms with Gasteiger partial charge in [0.05, 0.1) is 16.6 Å². The van der Waals surface area contributed by atoms with Crippen molar-refractivity contribution in [3.8, 4) is 11.3 Å². The van der Waals surface area contributed by atoms with Gasteiger partial charge in [-0.05, 0) is 86.5 Å². The van der Waals surface area contributed by atoms with Gasteiger partial charge in [0.2, 0.25) is 0 Å². The molecule has 3 aromatic rings. The molecule has 1 amide bonds. The summed E-state index contributed by atoms with van der Waals surface area (Å²) in [4.78, 5) is 22.9. The highest BCUT2D eigenvalue weighted by molar-refractivity contribution is 6.42. The Morgan fingerprint density at radius 2 is 1.87 bits per heavy atom. The third kappa shape index (κ3) is 8.33. The summed E-state index contributed by atoms with van der Waals surface area (Å²) < 4.78 is 6.21. The SMILES string of the molecule is CCCCCc1ccc(C(=O)N(Cc2ccc(-c3ccc(Cl)c(Cl)c3)o2)C2CCN(CCC(C)C)CC2)nc1. The predicted octanol–water partition coefficient (Wildman–Crippen LogP) is 8.53. The summed E-state index contributed by atoms with van der Waals surface area (Å²) in [6.07, 6.45) is 9.49. The lowest BCUT2D eigenvalue weighted by Gasteiger charge is -2.38. The van der Waals surface area contributed by atoms with Gasteiger partial charge < -0.3 is 14.2 Å². The number of rotatable bonds is 12. The van der Waals surface area contributed by atoms with Crippen molar-refractivity contribution in [1.82, 2.24) is 14.8 Å². The minimum atomic E-state index is -0.0387. The van der Waals surface area contributed by atoms with E-state index in [2.05, 4.69) is 36.7 Å². The second-order valence-corrected chi connectivity index (χ2v) is 11.9. The number of hydrogen-bond donors (Lipinski definition) is 0. The molecule has 0 radical (unpaired) electrons. The smallest absolute Gasteiger partial charge is 0.273 e. The zero-order valence-electron chi connectivity index (χ0n) is 23.5. The molecule has 2 aromatic heterocycles. The van der Waals surface area contributed by atoms with Gasteiger partial charge in [0.1, 0.15) is 17.2 Å². The van der Waals surface area contributed by atoms with E-state index in [0.29, 0.717) is 34.0 Å². The van der Waals surface area contributed by atoms with Crippen molar-refractivity contribution in [1.29, 1.82) is 0 Å². The molecule has 4 rings (SSSR count). The summed E-state index contributed by atoms with van der Waals surface area (Å²) in [7, 11) is 0. The van der Waals surface area contributed by atoms with E-state index in [1.165, 1.54) is 24.8 Å². The summed E-state index contributed by atoms with van der Waals surface area (Å²) in [6.45, 7) is 10.3. The lowest BCUT2D eigenvalue weighted by atomic mass is 10.0.